The minimum absolute atomic E-state index is 0.0169. The van der Waals surface area contributed by atoms with Crippen molar-refractivity contribution in [3.63, 3.8) is 0 Å². The lowest BCUT2D eigenvalue weighted by Gasteiger charge is -2.30. The summed E-state index contributed by atoms with van der Waals surface area (Å²) in [5.41, 5.74) is 7.83. The predicted molar refractivity (Wildman–Crippen MR) is 88.6 cm³/mol. The summed E-state index contributed by atoms with van der Waals surface area (Å²) in [6, 6.07) is 0.0169. The molecule has 0 fully saturated rings. The van der Waals surface area contributed by atoms with Gasteiger partial charge in [0.1, 0.15) is 0 Å². The highest BCUT2D eigenvalue weighted by atomic mass is 79.9. The maximum absolute atomic E-state index is 6.44. The van der Waals surface area contributed by atoms with Crippen LogP contribution in [0.2, 0.25) is 0 Å². The fraction of sp³-hybridized carbons (Fsp3) is 0.800. The molecule has 116 valence electrons. The highest BCUT2D eigenvalue weighted by Gasteiger charge is 2.25. The van der Waals surface area contributed by atoms with E-state index in [1.54, 1.807) is 0 Å². The van der Waals surface area contributed by atoms with Gasteiger partial charge in [0.15, 0.2) is 0 Å². The molecule has 0 aromatic carbocycles. The highest BCUT2D eigenvalue weighted by molar-refractivity contribution is 9.10. The molecule has 4 nitrogen and oxygen atoms in total. The molecule has 2 unspecified atom stereocenters. The number of likely N-dealkylation sites (N-methyl/N-ethyl adjacent to an activating group) is 1. The molecule has 5 heteroatoms. The molecule has 0 saturated heterocycles. The average molecular weight is 345 g/mol. The van der Waals surface area contributed by atoms with Crippen LogP contribution in [0.5, 0.6) is 0 Å². The van der Waals surface area contributed by atoms with E-state index in [0.717, 1.165) is 29.7 Å². The van der Waals surface area contributed by atoms with Crippen molar-refractivity contribution >= 4 is 15.9 Å². The molecule has 0 aliphatic rings. The number of hydrogen-bond donors (Lipinski definition) is 1. The van der Waals surface area contributed by atoms with Crippen LogP contribution in [0.1, 0.15) is 45.9 Å². The van der Waals surface area contributed by atoms with Gasteiger partial charge in [0.2, 0.25) is 0 Å². The second-order valence-electron chi connectivity index (χ2n) is 7.01. The number of nitrogens with zero attached hydrogens (tertiary/aromatic N) is 3. The first kappa shape index (κ1) is 17.7. The Balaban J connectivity index is 2.81. The SMILES string of the molecule is CC(CC(N)c1c(Br)cnn1CCN(C)C)C(C)(C)C. The van der Waals surface area contributed by atoms with E-state index in [2.05, 4.69) is 67.7 Å². The van der Waals surface area contributed by atoms with Crippen LogP contribution in [-0.2, 0) is 6.54 Å². The number of rotatable bonds is 6. The van der Waals surface area contributed by atoms with Crippen molar-refractivity contribution in [2.45, 2.75) is 46.7 Å². The summed E-state index contributed by atoms with van der Waals surface area (Å²) < 4.78 is 3.05. The highest BCUT2D eigenvalue weighted by Crippen LogP contribution is 2.34. The Hall–Kier alpha value is -0.390. The van der Waals surface area contributed by atoms with Crippen molar-refractivity contribution in [2.75, 3.05) is 20.6 Å². The summed E-state index contributed by atoms with van der Waals surface area (Å²) in [5, 5.41) is 4.44. The van der Waals surface area contributed by atoms with Crippen molar-refractivity contribution in [3.05, 3.63) is 16.4 Å². The Kier molecular flexibility index (Phi) is 6.23. The van der Waals surface area contributed by atoms with E-state index in [9.17, 15) is 0 Å². The van der Waals surface area contributed by atoms with Gasteiger partial charge in [-0.2, -0.15) is 5.10 Å². The van der Waals surface area contributed by atoms with Crippen molar-refractivity contribution in [1.82, 2.24) is 14.7 Å². The predicted octanol–water partition coefficient (Wildman–Crippen LogP) is 3.28. The number of nitrogens with two attached hydrogens (primary N) is 1. The molecule has 0 saturated carbocycles. The third-order valence-electron chi connectivity index (χ3n) is 4.03. The summed E-state index contributed by atoms with van der Waals surface area (Å²) in [6.07, 6.45) is 2.82. The summed E-state index contributed by atoms with van der Waals surface area (Å²) in [6.45, 7) is 10.9. The van der Waals surface area contributed by atoms with Crippen LogP contribution in [-0.4, -0.2) is 35.3 Å². The van der Waals surface area contributed by atoms with E-state index in [-0.39, 0.29) is 11.5 Å². The van der Waals surface area contributed by atoms with Gasteiger partial charge in [0.05, 0.1) is 22.9 Å². The smallest absolute Gasteiger partial charge is 0.0694 e. The van der Waals surface area contributed by atoms with Gasteiger partial charge >= 0.3 is 0 Å². The van der Waals surface area contributed by atoms with E-state index in [4.69, 9.17) is 5.73 Å². The summed E-state index contributed by atoms with van der Waals surface area (Å²) in [4.78, 5) is 2.16. The third kappa shape index (κ3) is 4.86. The van der Waals surface area contributed by atoms with Crippen molar-refractivity contribution in [3.8, 4) is 0 Å². The van der Waals surface area contributed by atoms with Crippen LogP contribution >= 0.6 is 15.9 Å². The van der Waals surface area contributed by atoms with Gasteiger partial charge in [0.25, 0.3) is 0 Å². The van der Waals surface area contributed by atoms with E-state index in [1.807, 2.05) is 10.9 Å². The second-order valence-corrected chi connectivity index (χ2v) is 7.87. The van der Waals surface area contributed by atoms with Gasteiger partial charge in [-0.25, -0.2) is 0 Å². The van der Waals surface area contributed by atoms with Gasteiger partial charge in [0, 0.05) is 12.6 Å². The fourth-order valence-corrected chi connectivity index (χ4v) is 2.65. The molecule has 0 aliphatic carbocycles. The van der Waals surface area contributed by atoms with Gasteiger partial charge in [-0.1, -0.05) is 27.7 Å². The standard InChI is InChI=1S/C15H29BrN4/c1-11(15(2,3)4)9-13(17)14-12(16)10-18-20(14)8-7-19(5)6/h10-11,13H,7-9,17H2,1-6H3. The fourth-order valence-electron chi connectivity index (χ4n) is 2.06. The number of hydrogen-bond acceptors (Lipinski definition) is 3. The van der Waals surface area contributed by atoms with Crippen LogP contribution in [0.4, 0.5) is 0 Å². The molecule has 2 N–H and O–H groups in total. The Morgan fingerprint density at radius 2 is 2.00 bits per heavy atom. The summed E-state index contributed by atoms with van der Waals surface area (Å²) in [7, 11) is 4.14. The molecule has 0 bridgehead atoms. The van der Waals surface area contributed by atoms with E-state index >= 15 is 0 Å². The zero-order valence-electron chi connectivity index (χ0n) is 13.7. The topological polar surface area (TPSA) is 47.1 Å². The molecule has 0 aliphatic heterocycles. The Labute approximate surface area is 131 Å². The lowest BCUT2D eigenvalue weighted by Crippen LogP contribution is -2.27. The van der Waals surface area contributed by atoms with Crippen LogP contribution in [0.3, 0.4) is 0 Å². The van der Waals surface area contributed by atoms with Crippen LogP contribution in [0, 0.1) is 11.3 Å². The molecule has 0 amide bonds. The Bertz CT molecular complexity index is 420. The minimum Gasteiger partial charge on any atom is -0.323 e. The zero-order chi connectivity index (χ0) is 15.5. The van der Waals surface area contributed by atoms with Crippen LogP contribution in [0.15, 0.2) is 10.7 Å². The molecule has 1 heterocycles. The molecular formula is C15H29BrN4. The van der Waals surface area contributed by atoms with Gasteiger partial charge in [-0.15, -0.1) is 0 Å². The van der Waals surface area contributed by atoms with E-state index in [0.29, 0.717) is 5.92 Å². The first-order valence-electron chi connectivity index (χ1n) is 7.24. The summed E-state index contributed by atoms with van der Waals surface area (Å²) in [5.74, 6) is 0.557. The van der Waals surface area contributed by atoms with Crippen molar-refractivity contribution < 1.29 is 0 Å². The normalized spacial score (nSPS) is 15.7. The summed E-state index contributed by atoms with van der Waals surface area (Å²) >= 11 is 3.59. The van der Waals surface area contributed by atoms with E-state index in [1.165, 1.54) is 0 Å². The van der Waals surface area contributed by atoms with Crippen molar-refractivity contribution in [1.29, 1.82) is 0 Å². The van der Waals surface area contributed by atoms with Crippen molar-refractivity contribution in [2.24, 2.45) is 17.1 Å². The maximum atomic E-state index is 6.44. The third-order valence-corrected chi connectivity index (χ3v) is 4.64. The quantitative estimate of drug-likeness (QED) is 0.861. The zero-order valence-corrected chi connectivity index (χ0v) is 15.2. The molecule has 20 heavy (non-hydrogen) atoms. The molecule has 1 aromatic rings. The minimum atomic E-state index is 0.0169. The lowest BCUT2D eigenvalue weighted by molar-refractivity contribution is 0.230. The molecular weight excluding hydrogens is 316 g/mol. The number of halogens is 1. The number of aromatic nitrogens is 2. The maximum Gasteiger partial charge on any atom is 0.0694 e. The molecule has 1 aromatic heterocycles. The van der Waals surface area contributed by atoms with Gasteiger partial charge in [-0.05, 0) is 47.8 Å². The molecule has 0 spiro atoms. The first-order chi connectivity index (χ1) is 9.12. The van der Waals surface area contributed by atoms with Crippen LogP contribution < -0.4 is 5.73 Å². The van der Waals surface area contributed by atoms with Gasteiger partial charge < -0.3 is 10.6 Å². The van der Waals surface area contributed by atoms with E-state index < -0.39 is 0 Å². The van der Waals surface area contributed by atoms with Gasteiger partial charge in [-0.3, -0.25) is 4.68 Å². The van der Waals surface area contributed by atoms with Crippen LogP contribution in [0.25, 0.3) is 0 Å². The second kappa shape index (κ2) is 7.05. The first-order valence-corrected chi connectivity index (χ1v) is 8.03. The average Bonchev–Trinajstić information content (AvgIpc) is 2.66. The lowest BCUT2D eigenvalue weighted by atomic mass is 9.78. The molecule has 1 rings (SSSR count). The molecule has 2 atom stereocenters. The molecule has 0 radical (unpaired) electrons. The largest absolute Gasteiger partial charge is 0.323 e. The Morgan fingerprint density at radius 3 is 2.50 bits per heavy atom. The monoisotopic (exact) mass is 344 g/mol. The Morgan fingerprint density at radius 1 is 1.40 bits per heavy atom.